The van der Waals surface area contributed by atoms with Crippen LogP contribution in [-0.4, -0.2) is 88.4 Å². The molecule has 1 aromatic heterocycles. The number of carbonyl (C=O) groups excluding carboxylic acids is 5. The molecule has 0 spiro atoms. The minimum atomic E-state index is -1.10. The first kappa shape index (κ1) is 35.7. The van der Waals surface area contributed by atoms with Crippen LogP contribution in [0, 0.1) is 0 Å². The van der Waals surface area contributed by atoms with Gasteiger partial charge in [-0.3, -0.25) is 39.0 Å². The second kappa shape index (κ2) is 14.4. The zero-order valence-electron chi connectivity index (χ0n) is 29.2. The van der Waals surface area contributed by atoms with Gasteiger partial charge in [0.1, 0.15) is 22.0 Å². The molecule has 0 saturated carbocycles. The number of aromatic nitrogens is 2. The first-order chi connectivity index (χ1) is 25.4. The number of carbonyl (C=O) groups is 5. The third-order valence-corrected chi connectivity index (χ3v) is 10.6. The maximum atomic E-state index is 13.6. The van der Waals surface area contributed by atoms with Crippen LogP contribution in [-0.2, 0) is 16.6 Å². The average Bonchev–Trinajstić information content (AvgIpc) is 3.40. The molecule has 1 unspecified atom stereocenters. The lowest BCUT2D eigenvalue weighted by atomic mass is 9.87. The Labute approximate surface area is 312 Å². The summed E-state index contributed by atoms with van der Waals surface area (Å²) in [4.78, 5) is 81.6. The highest BCUT2D eigenvalue weighted by Crippen LogP contribution is 2.37. The molecule has 2 N–H and O–H groups in total. The highest BCUT2D eigenvalue weighted by atomic mass is 79.9. The smallest absolute Gasteiger partial charge is 0.282 e. The summed E-state index contributed by atoms with van der Waals surface area (Å²) in [7, 11) is 5.32. The van der Waals surface area contributed by atoms with Crippen molar-refractivity contribution >= 4 is 56.8 Å². The van der Waals surface area contributed by atoms with E-state index in [0.717, 1.165) is 30.0 Å². The van der Waals surface area contributed by atoms with E-state index in [9.17, 15) is 28.8 Å². The summed E-state index contributed by atoms with van der Waals surface area (Å²) in [5.41, 5.74) is 2.69. The van der Waals surface area contributed by atoms with Crippen LogP contribution in [0.4, 0.5) is 11.4 Å². The third kappa shape index (κ3) is 6.97. The molecule has 4 aromatic rings. The quantitative estimate of drug-likeness (QED) is 0.251. The number of hydrogen-bond acceptors (Lipinski definition) is 10. The zero-order chi connectivity index (χ0) is 37.6. The summed E-state index contributed by atoms with van der Waals surface area (Å²) in [6, 6.07) is 18.0. The molecule has 14 nitrogen and oxygen atoms in total. The van der Waals surface area contributed by atoms with Crippen molar-refractivity contribution in [2.75, 3.05) is 37.4 Å². The van der Waals surface area contributed by atoms with Crippen molar-refractivity contribution < 1.29 is 28.7 Å². The van der Waals surface area contributed by atoms with Gasteiger partial charge in [0.15, 0.2) is 0 Å². The van der Waals surface area contributed by atoms with Gasteiger partial charge in [-0.15, -0.1) is 0 Å². The molecule has 0 bridgehead atoms. The second-order valence-corrected chi connectivity index (χ2v) is 14.3. The number of aryl methyl sites for hydroxylation is 1. The predicted molar refractivity (Wildman–Crippen MR) is 198 cm³/mol. The highest BCUT2D eigenvalue weighted by molar-refractivity contribution is 9.10. The highest BCUT2D eigenvalue weighted by Gasteiger charge is 2.46. The van der Waals surface area contributed by atoms with Gasteiger partial charge in [-0.1, -0.05) is 24.3 Å². The van der Waals surface area contributed by atoms with E-state index in [1.165, 1.54) is 15.6 Å². The van der Waals surface area contributed by atoms with E-state index in [2.05, 4.69) is 43.6 Å². The largest absolute Gasteiger partial charge is 0.456 e. The molecule has 2 saturated heterocycles. The third-order valence-electron chi connectivity index (χ3n) is 9.87. The van der Waals surface area contributed by atoms with Gasteiger partial charge in [0.2, 0.25) is 11.8 Å². The first-order valence-corrected chi connectivity index (χ1v) is 17.9. The summed E-state index contributed by atoms with van der Waals surface area (Å²) in [6.45, 7) is 1.64. The number of halogens is 1. The fourth-order valence-corrected chi connectivity index (χ4v) is 7.63. The van der Waals surface area contributed by atoms with Crippen LogP contribution in [0.1, 0.15) is 61.8 Å². The normalized spacial score (nSPS) is 20.2. The topological polar surface area (TPSA) is 163 Å². The molecular formula is C38H36BrN7O7. The fourth-order valence-electron chi connectivity index (χ4n) is 7.16. The van der Waals surface area contributed by atoms with Crippen molar-refractivity contribution in [1.82, 2.24) is 24.9 Å². The number of amides is 5. The summed E-state index contributed by atoms with van der Waals surface area (Å²) in [6.07, 6.45) is 2.53. The number of fused-ring (bicyclic) bond motifs is 1. The minimum absolute atomic E-state index is 0.0173. The number of likely N-dealkylation sites (tertiary alicyclic amines) is 1. The van der Waals surface area contributed by atoms with Crippen molar-refractivity contribution in [2.45, 2.75) is 37.3 Å². The zero-order valence-corrected chi connectivity index (χ0v) is 30.8. The summed E-state index contributed by atoms with van der Waals surface area (Å²) >= 11 is 3.40. The fraction of sp³-hybridized carbons (Fsp3) is 0.289. The Morgan fingerprint density at radius 1 is 0.981 bits per heavy atom. The van der Waals surface area contributed by atoms with Crippen LogP contribution in [0.5, 0.6) is 11.5 Å². The Hall–Kier alpha value is -5.67. The van der Waals surface area contributed by atoms with Gasteiger partial charge >= 0.3 is 0 Å². The molecule has 53 heavy (non-hydrogen) atoms. The summed E-state index contributed by atoms with van der Waals surface area (Å²) < 4.78 is 7.85. The molecule has 15 heteroatoms. The van der Waals surface area contributed by atoms with Gasteiger partial charge in [0.05, 0.1) is 23.0 Å². The predicted octanol–water partition coefficient (Wildman–Crippen LogP) is 3.91. The number of nitrogens with one attached hydrogen (secondary N) is 2. The van der Waals surface area contributed by atoms with Crippen molar-refractivity contribution in [1.29, 1.82) is 0 Å². The second-order valence-electron chi connectivity index (χ2n) is 13.5. The number of likely N-dealkylation sites (N-methyl/N-ethyl adjacent to an activating group) is 1. The SMILES string of the molecule is CN1C[C@H](Nc2cnn(C)c(=O)c2Br)C[C@H](c2ccc(C(=O)N(C)c3cccc(Oc4cccc5c4C(=O)N(C4CCC(=O)NC4=O)C5=O)c3)cc2)C1. The van der Waals surface area contributed by atoms with Gasteiger partial charge < -0.3 is 19.9 Å². The molecular weight excluding hydrogens is 746 g/mol. The summed E-state index contributed by atoms with van der Waals surface area (Å²) in [5, 5.41) is 9.80. The van der Waals surface area contributed by atoms with E-state index < -0.39 is 29.7 Å². The van der Waals surface area contributed by atoms with E-state index in [1.54, 1.807) is 56.7 Å². The van der Waals surface area contributed by atoms with Gasteiger partial charge in [0.25, 0.3) is 23.3 Å². The maximum absolute atomic E-state index is 13.6. The van der Waals surface area contributed by atoms with Crippen molar-refractivity contribution in [3.05, 3.63) is 110 Å². The average molecular weight is 783 g/mol. The van der Waals surface area contributed by atoms with Crippen LogP contribution in [0.15, 0.2) is 82.2 Å². The molecule has 7 rings (SSSR count). The Balaban J connectivity index is 1.03. The number of piperidine rings is 2. The first-order valence-electron chi connectivity index (χ1n) is 17.1. The molecule has 0 radical (unpaired) electrons. The van der Waals surface area contributed by atoms with Crippen LogP contribution in [0.25, 0.3) is 0 Å². The minimum Gasteiger partial charge on any atom is -0.456 e. The molecule has 3 atom stereocenters. The lowest BCUT2D eigenvalue weighted by Gasteiger charge is -2.37. The molecule has 5 amide bonds. The molecule has 3 aliphatic rings. The van der Waals surface area contributed by atoms with Crippen molar-refractivity contribution in [3.8, 4) is 11.5 Å². The number of ether oxygens (including phenoxy) is 1. The monoisotopic (exact) mass is 781 g/mol. The standard InChI is InChI=1S/C38H36BrN7O7/c1-43-19-23(16-24(20-43)41-28-18-40-45(3)38(52)33(28)39)21-10-12-22(13-11-21)35(49)44(2)25-6-4-7-26(17-25)53-30-9-5-8-27-32(30)37(51)46(36(27)50)29-14-15-31(47)42-34(29)48/h4-13,17-18,23-24,29,41H,14-16,19-20H2,1-3H3,(H,42,47,48)/t23-,24+,29?/m0/s1. The van der Waals surface area contributed by atoms with Gasteiger partial charge in [-0.2, -0.15) is 5.10 Å². The van der Waals surface area contributed by atoms with E-state index in [4.69, 9.17) is 4.74 Å². The number of anilines is 2. The van der Waals surface area contributed by atoms with Gasteiger partial charge in [-0.25, -0.2) is 4.68 Å². The van der Waals surface area contributed by atoms with Crippen LogP contribution >= 0.6 is 15.9 Å². The Kier molecular flexibility index (Phi) is 9.70. The van der Waals surface area contributed by atoms with E-state index in [0.29, 0.717) is 27.2 Å². The van der Waals surface area contributed by atoms with E-state index in [-0.39, 0.29) is 53.1 Å². The Morgan fingerprint density at radius 3 is 2.49 bits per heavy atom. The van der Waals surface area contributed by atoms with Gasteiger partial charge in [0, 0.05) is 57.0 Å². The molecule has 272 valence electrons. The molecule has 0 aliphatic carbocycles. The Bertz CT molecular complexity index is 2220. The molecule has 3 aromatic carbocycles. The Morgan fingerprint density at radius 2 is 1.74 bits per heavy atom. The number of hydrogen-bond donors (Lipinski definition) is 2. The number of nitrogens with zero attached hydrogens (tertiary/aromatic N) is 5. The molecule has 2 fully saturated rings. The van der Waals surface area contributed by atoms with Gasteiger partial charge in [-0.05, 0) is 83.7 Å². The van der Waals surface area contributed by atoms with E-state index in [1.807, 2.05) is 24.3 Å². The van der Waals surface area contributed by atoms with Crippen molar-refractivity contribution in [2.24, 2.45) is 7.05 Å². The lowest BCUT2D eigenvalue weighted by molar-refractivity contribution is -0.136. The number of rotatable bonds is 8. The molecule has 4 heterocycles. The van der Waals surface area contributed by atoms with Crippen LogP contribution in [0.2, 0.25) is 0 Å². The van der Waals surface area contributed by atoms with Crippen molar-refractivity contribution in [3.63, 3.8) is 0 Å². The van der Waals surface area contributed by atoms with Crippen LogP contribution < -0.4 is 25.8 Å². The van der Waals surface area contributed by atoms with E-state index >= 15 is 0 Å². The number of benzene rings is 3. The lowest BCUT2D eigenvalue weighted by Crippen LogP contribution is -2.54. The summed E-state index contributed by atoms with van der Waals surface area (Å²) in [5.74, 6) is -2.05. The maximum Gasteiger partial charge on any atom is 0.282 e. The number of imide groups is 2. The van der Waals surface area contributed by atoms with Crippen LogP contribution in [0.3, 0.4) is 0 Å². The molecule has 3 aliphatic heterocycles.